The second kappa shape index (κ2) is 3.69. The number of ketones is 1. The molecular weight excluding hydrogens is 230 g/mol. The highest BCUT2D eigenvalue weighted by molar-refractivity contribution is 6.22. The van der Waals surface area contributed by atoms with Gasteiger partial charge in [-0.05, 0) is 12.8 Å². The summed E-state index contributed by atoms with van der Waals surface area (Å²) in [6.45, 7) is 0. The van der Waals surface area contributed by atoms with Crippen molar-refractivity contribution in [1.82, 2.24) is 4.90 Å². The molecule has 0 bridgehead atoms. The highest BCUT2D eigenvalue weighted by Gasteiger charge is 2.48. The summed E-state index contributed by atoms with van der Waals surface area (Å²) in [5.74, 6) is -6.30. The zero-order valence-corrected chi connectivity index (χ0v) is 8.62. The van der Waals surface area contributed by atoms with Gasteiger partial charge in [0.25, 0.3) is 0 Å². The van der Waals surface area contributed by atoms with Crippen LogP contribution in [0.4, 0.5) is 0 Å². The van der Waals surface area contributed by atoms with E-state index in [9.17, 15) is 19.2 Å². The molecule has 17 heavy (non-hydrogen) atoms. The van der Waals surface area contributed by atoms with Crippen LogP contribution in [-0.4, -0.2) is 44.8 Å². The third-order valence-electron chi connectivity index (χ3n) is 2.90. The van der Waals surface area contributed by atoms with E-state index < -0.39 is 35.6 Å². The molecule has 0 aromatic heterocycles. The largest absolute Gasteiger partial charge is 0.480 e. The Balaban J connectivity index is 2.42. The molecule has 0 saturated carbocycles. The van der Waals surface area contributed by atoms with Crippen molar-refractivity contribution in [3.05, 3.63) is 11.8 Å². The van der Waals surface area contributed by atoms with Gasteiger partial charge in [0.2, 0.25) is 5.91 Å². The van der Waals surface area contributed by atoms with Crippen molar-refractivity contribution >= 4 is 23.6 Å². The minimum absolute atomic E-state index is 0.201. The van der Waals surface area contributed by atoms with Crippen LogP contribution in [0.1, 0.15) is 12.8 Å². The van der Waals surface area contributed by atoms with Crippen LogP contribution in [0.25, 0.3) is 0 Å². The average Bonchev–Trinajstić information content (AvgIpc) is 2.60. The maximum atomic E-state index is 11.8. The van der Waals surface area contributed by atoms with Gasteiger partial charge in [0.1, 0.15) is 6.04 Å². The third kappa shape index (κ3) is 1.59. The minimum Gasteiger partial charge on any atom is -0.480 e. The maximum Gasteiger partial charge on any atom is 0.326 e. The SMILES string of the molecule is O=C(O)C1C(=O)C=C2CCC(C(=O)O)N2C1=O. The molecule has 0 aromatic rings. The van der Waals surface area contributed by atoms with E-state index >= 15 is 0 Å². The highest BCUT2D eigenvalue weighted by Crippen LogP contribution is 2.33. The van der Waals surface area contributed by atoms with E-state index in [0.29, 0.717) is 12.1 Å². The molecule has 2 aliphatic heterocycles. The Morgan fingerprint density at radius 2 is 1.88 bits per heavy atom. The van der Waals surface area contributed by atoms with Gasteiger partial charge in [-0.1, -0.05) is 0 Å². The normalized spacial score (nSPS) is 27.8. The van der Waals surface area contributed by atoms with Crippen LogP contribution >= 0.6 is 0 Å². The molecular formula is C10H9NO6. The van der Waals surface area contributed by atoms with Gasteiger partial charge in [0.05, 0.1) is 0 Å². The Morgan fingerprint density at radius 1 is 1.24 bits per heavy atom. The van der Waals surface area contributed by atoms with Crippen molar-refractivity contribution in [3.8, 4) is 0 Å². The van der Waals surface area contributed by atoms with Crippen LogP contribution in [0.3, 0.4) is 0 Å². The Bertz CT molecular complexity index is 465. The Kier molecular flexibility index (Phi) is 2.45. The monoisotopic (exact) mass is 239 g/mol. The number of carbonyl (C=O) groups excluding carboxylic acids is 2. The number of allylic oxidation sites excluding steroid dienone is 2. The van der Waals surface area contributed by atoms with E-state index in [0.717, 1.165) is 11.0 Å². The first-order chi connectivity index (χ1) is 7.93. The number of hydrogen-bond acceptors (Lipinski definition) is 4. The lowest BCUT2D eigenvalue weighted by Gasteiger charge is -2.28. The smallest absolute Gasteiger partial charge is 0.326 e. The van der Waals surface area contributed by atoms with Gasteiger partial charge >= 0.3 is 11.9 Å². The first kappa shape index (κ1) is 11.3. The van der Waals surface area contributed by atoms with E-state index in [1.54, 1.807) is 0 Å². The molecule has 2 heterocycles. The third-order valence-corrected chi connectivity index (χ3v) is 2.90. The molecule has 7 nitrogen and oxygen atoms in total. The zero-order chi connectivity index (χ0) is 12.7. The van der Waals surface area contributed by atoms with Crippen LogP contribution < -0.4 is 0 Å². The highest BCUT2D eigenvalue weighted by atomic mass is 16.4. The fraction of sp³-hybridized carbons (Fsp3) is 0.400. The molecule has 7 heteroatoms. The molecule has 1 saturated heterocycles. The summed E-state index contributed by atoms with van der Waals surface area (Å²) >= 11 is 0. The molecule has 2 unspecified atom stereocenters. The summed E-state index contributed by atoms with van der Waals surface area (Å²) < 4.78 is 0. The lowest BCUT2D eigenvalue weighted by molar-refractivity contribution is -0.158. The van der Waals surface area contributed by atoms with E-state index in [-0.39, 0.29) is 6.42 Å². The Morgan fingerprint density at radius 3 is 2.41 bits per heavy atom. The van der Waals surface area contributed by atoms with Crippen LogP contribution in [0.5, 0.6) is 0 Å². The lowest BCUT2D eigenvalue weighted by atomic mass is 9.97. The average molecular weight is 239 g/mol. The number of fused-ring (bicyclic) bond motifs is 1. The summed E-state index contributed by atoms with van der Waals surface area (Å²) in [4.78, 5) is 45.8. The van der Waals surface area contributed by atoms with Crippen LogP contribution in [0, 0.1) is 5.92 Å². The summed E-state index contributed by atoms with van der Waals surface area (Å²) in [5.41, 5.74) is 0.296. The predicted molar refractivity (Wildman–Crippen MR) is 51.7 cm³/mol. The number of carboxylic acid groups (broad SMARTS) is 2. The lowest BCUT2D eigenvalue weighted by Crippen LogP contribution is -2.49. The molecule has 0 aromatic carbocycles. The molecule has 2 atom stereocenters. The molecule has 2 aliphatic rings. The molecule has 2 N–H and O–H groups in total. The Labute approximate surface area is 95.3 Å². The Hall–Kier alpha value is -2.18. The maximum absolute atomic E-state index is 11.8. The van der Waals surface area contributed by atoms with Crippen LogP contribution in [0.2, 0.25) is 0 Å². The number of amides is 1. The number of carbonyl (C=O) groups is 4. The first-order valence-electron chi connectivity index (χ1n) is 4.96. The quantitative estimate of drug-likeness (QED) is 0.612. The number of nitrogens with zero attached hydrogens (tertiary/aromatic N) is 1. The molecule has 0 spiro atoms. The van der Waals surface area contributed by atoms with Crippen LogP contribution in [0.15, 0.2) is 11.8 Å². The van der Waals surface area contributed by atoms with Gasteiger partial charge in [-0.2, -0.15) is 0 Å². The molecule has 2 rings (SSSR count). The van der Waals surface area contributed by atoms with Gasteiger partial charge in [-0.25, -0.2) is 4.79 Å². The molecule has 90 valence electrons. The summed E-state index contributed by atoms with van der Waals surface area (Å²) in [7, 11) is 0. The van der Waals surface area contributed by atoms with Crippen molar-refractivity contribution in [3.63, 3.8) is 0 Å². The van der Waals surface area contributed by atoms with Crippen LogP contribution in [-0.2, 0) is 19.2 Å². The number of aliphatic carboxylic acids is 2. The van der Waals surface area contributed by atoms with E-state index in [4.69, 9.17) is 10.2 Å². The van der Waals surface area contributed by atoms with Gasteiger partial charge in [0, 0.05) is 11.8 Å². The molecule has 0 radical (unpaired) electrons. The number of hydrogen-bond donors (Lipinski definition) is 2. The summed E-state index contributed by atoms with van der Waals surface area (Å²) in [5, 5.41) is 17.7. The fourth-order valence-electron chi connectivity index (χ4n) is 2.14. The topological polar surface area (TPSA) is 112 Å². The second-order valence-corrected chi connectivity index (χ2v) is 3.91. The van der Waals surface area contributed by atoms with Crippen molar-refractivity contribution in [2.75, 3.05) is 0 Å². The van der Waals surface area contributed by atoms with Crippen molar-refractivity contribution in [1.29, 1.82) is 0 Å². The van der Waals surface area contributed by atoms with Gasteiger partial charge in [0.15, 0.2) is 11.7 Å². The van der Waals surface area contributed by atoms with Gasteiger partial charge < -0.3 is 15.1 Å². The van der Waals surface area contributed by atoms with Gasteiger partial charge in [-0.3, -0.25) is 14.4 Å². The first-order valence-corrected chi connectivity index (χ1v) is 4.96. The standard InChI is InChI=1S/C10H9NO6/c12-6-3-4-1-2-5(9(14)15)11(4)8(13)7(6)10(16)17/h3,5,7H,1-2H2,(H,14,15)(H,16,17). The molecule has 1 fully saturated rings. The van der Waals surface area contributed by atoms with Crippen molar-refractivity contribution in [2.24, 2.45) is 5.92 Å². The van der Waals surface area contributed by atoms with E-state index in [1.165, 1.54) is 0 Å². The van der Waals surface area contributed by atoms with Gasteiger partial charge in [-0.15, -0.1) is 0 Å². The predicted octanol–water partition coefficient (Wildman–Crippen LogP) is -0.771. The molecule has 0 aliphatic carbocycles. The molecule has 1 amide bonds. The number of carboxylic acids is 2. The van der Waals surface area contributed by atoms with E-state index in [2.05, 4.69) is 0 Å². The number of rotatable bonds is 2. The van der Waals surface area contributed by atoms with Crippen molar-refractivity contribution < 1.29 is 29.4 Å². The summed E-state index contributed by atoms with van der Waals surface area (Å²) in [6.07, 6.45) is 1.55. The minimum atomic E-state index is -1.81. The summed E-state index contributed by atoms with van der Waals surface area (Å²) in [6, 6.07) is -1.07. The fourth-order valence-corrected chi connectivity index (χ4v) is 2.14. The zero-order valence-electron chi connectivity index (χ0n) is 8.62. The second-order valence-electron chi connectivity index (χ2n) is 3.91. The van der Waals surface area contributed by atoms with Crippen molar-refractivity contribution in [2.45, 2.75) is 18.9 Å². The van der Waals surface area contributed by atoms with E-state index in [1.807, 2.05) is 0 Å².